The minimum absolute atomic E-state index is 0.516. The Bertz CT molecular complexity index is 793. The number of aryl methyl sites for hydroxylation is 1. The average Bonchev–Trinajstić information content (AvgIpc) is 2.97. The van der Waals surface area contributed by atoms with Gasteiger partial charge in [-0.15, -0.1) is 5.10 Å². The third kappa shape index (κ3) is 3.79. The van der Waals surface area contributed by atoms with Crippen LogP contribution in [0.5, 0.6) is 0 Å². The van der Waals surface area contributed by atoms with Crippen LogP contribution in [0, 0.1) is 12.8 Å². The van der Waals surface area contributed by atoms with Crippen LogP contribution in [0.3, 0.4) is 0 Å². The maximum Gasteiger partial charge on any atom is 0.155 e. The summed E-state index contributed by atoms with van der Waals surface area (Å²) >= 11 is 0. The Morgan fingerprint density at radius 2 is 1.88 bits per heavy atom. The lowest BCUT2D eigenvalue weighted by atomic mass is 10.1. The number of nitrogens with zero attached hydrogens (tertiary/aromatic N) is 4. The second kappa shape index (κ2) is 7.25. The van der Waals surface area contributed by atoms with Gasteiger partial charge in [-0.3, -0.25) is 0 Å². The van der Waals surface area contributed by atoms with E-state index in [1.807, 2.05) is 35.0 Å². The fraction of sp³-hybridized carbons (Fsp3) is 0.316. The van der Waals surface area contributed by atoms with E-state index in [1.165, 1.54) is 5.56 Å². The molecule has 0 amide bonds. The Morgan fingerprint density at radius 3 is 2.58 bits per heavy atom. The number of para-hydroxylation sites is 1. The Hall–Kier alpha value is -2.69. The Labute approximate surface area is 142 Å². The molecule has 0 saturated heterocycles. The van der Waals surface area contributed by atoms with Crippen molar-refractivity contribution in [2.45, 2.75) is 33.7 Å². The fourth-order valence-electron chi connectivity index (χ4n) is 2.57. The average molecular weight is 321 g/mol. The van der Waals surface area contributed by atoms with E-state index in [9.17, 15) is 0 Å². The lowest BCUT2D eigenvalue weighted by Crippen LogP contribution is -2.10. The van der Waals surface area contributed by atoms with Crippen LogP contribution in [-0.4, -0.2) is 19.7 Å². The SMILES string of the molecule is Cc1ccccc1NCc1nc(CC(C)C)nn1-c1ccccn1. The van der Waals surface area contributed by atoms with Gasteiger partial charge in [0.1, 0.15) is 0 Å². The van der Waals surface area contributed by atoms with Crippen molar-refractivity contribution in [1.29, 1.82) is 0 Å². The Balaban J connectivity index is 1.87. The number of anilines is 1. The molecule has 3 rings (SSSR count). The minimum atomic E-state index is 0.516. The molecule has 0 unspecified atom stereocenters. The first-order valence-corrected chi connectivity index (χ1v) is 8.29. The van der Waals surface area contributed by atoms with E-state index >= 15 is 0 Å². The first-order valence-electron chi connectivity index (χ1n) is 8.29. The van der Waals surface area contributed by atoms with Gasteiger partial charge in [0.05, 0.1) is 6.54 Å². The second-order valence-electron chi connectivity index (χ2n) is 6.31. The monoisotopic (exact) mass is 321 g/mol. The number of hydrogen-bond donors (Lipinski definition) is 1. The first-order chi connectivity index (χ1) is 11.6. The predicted molar refractivity (Wildman–Crippen MR) is 96.2 cm³/mol. The van der Waals surface area contributed by atoms with Crippen LogP contribution < -0.4 is 5.32 Å². The van der Waals surface area contributed by atoms with Crippen LogP contribution >= 0.6 is 0 Å². The third-order valence-corrected chi connectivity index (χ3v) is 3.76. The van der Waals surface area contributed by atoms with Crippen molar-refractivity contribution >= 4 is 5.69 Å². The molecule has 5 nitrogen and oxygen atoms in total. The van der Waals surface area contributed by atoms with Gasteiger partial charge < -0.3 is 5.32 Å². The highest BCUT2D eigenvalue weighted by molar-refractivity contribution is 5.50. The van der Waals surface area contributed by atoms with Gasteiger partial charge in [-0.05, 0) is 36.6 Å². The highest BCUT2D eigenvalue weighted by atomic mass is 15.4. The van der Waals surface area contributed by atoms with Gasteiger partial charge in [0.15, 0.2) is 17.5 Å². The molecule has 0 spiro atoms. The zero-order chi connectivity index (χ0) is 16.9. The molecule has 0 aliphatic rings. The second-order valence-corrected chi connectivity index (χ2v) is 6.31. The van der Waals surface area contributed by atoms with E-state index in [4.69, 9.17) is 4.98 Å². The van der Waals surface area contributed by atoms with Crippen molar-refractivity contribution in [3.05, 3.63) is 65.9 Å². The van der Waals surface area contributed by atoms with Gasteiger partial charge in [0.25, 0.3) is 0 Å². The van der Waals surface area contributed by atoms with E-state index in [1.54, 1.807) is 6.20 Å². The molecular formula is C19H23N5. The molecule has 5 heteroatoms. The van der Waals surface area contributed by atoms with Gasteiger partial charge in [-0.25, -0.2) is 9.97 Å². The van der Waals surface area contributed by atoms with E-state index in [0.717, 1.165) is 29.6 Å². The van der Waals surface area contributed by atoms with Crippen LogP contribution in [0.1, 0.15) is 31.1 Å². The van der Waals surface area contributed by atoms with Crippen molar-refractivity contribution < 1.29 is 0 Å². The molecule has 1 N–H and O–H groups in total. The maximum absolute atomic E-state index is 4.72. The molecule has 0 aliphatic carbocycles. The van der Waals surface area contributed by atoms with Crippen LogP contribution in [-0.2, 0) is 13.0 Å². The van der Waals surface area contributed by atoms with Gasteiger partial charge in [-0.1, -0.05) is 38.1 Å². The van der Waals surface area contributed by atoms with Gasteiger partial charge in [-0.2, -0.15) is 4.68 Å². The molecular weight excluding hydrogens is 298 g/mol. The van der Waals surface area contributed by atoms with Gasteiger partial charge in [0.2, 0.25) is 0 Å². The van der Waals surface area contributed by atoms with Crippen molar-refractivity contribution in [3.8, 4) is 5.82 Å². The molecule has 0 aliphatic heterocycles. The van der Waals surface area contributed by atoms with Crippen LogP contribution in [0.4, 0.5) is 5.69 Å². The van der Waals surface area contributed by atoms with Crippen molar-refractivity contribution in [1.82, 2.24) is 19.7 Å². The molecule has 24 heavy (non-hydrogen) atoms. The van der Waals surface area contributed by atoms with Crippen LogP contribution in [0.25, 0.3) is 5.82 Å². The molecule has 0 radical (unpaired) electrons. The predicted octanol–water partition coefficient (Wildman–Crippen LogP) is 3.78. The molecule has 0 fully saturated rings. The van der Waals surface area contributed by atoms with E-state index < -0.39 is 0 Å². The van der Waals surface area contributed by atoms with E-state index in [0.29, 0.717) is 12.5 Å². The van der Waals surface area contributed by atoms with E-state index in [2.05, 4.69) is 48.3 Å². The van der Waals surface area contributed by atoms with Gasteiger partial charge in [0, 0.05) is 18.3 Å². The summed E-state index contributed by atoms with van der Waals surface area (Å²) in [5.74, 6) is 3.04. The largest absolute Gasteiger partial charge is 0.378 e. The summed E-state index contributed by atoms with van der Waals surface area (Å²) in [4.78, 5) is 9.13. The van der Waals surface area contributed by atoms with Crippen molar-refractivity contribution in [3.63, 3.8) is 0 Å². The first kappa shape index (κ1) is 16.2. The molecule has 0 bridgehead atoms. The molecule has 0 saturated carbocycles. The maximum atomic E-state index is 4.72. The standard InChI is InChI=1S/C19H23N5/c1-14(2)12-17-22-19(13-21-16-9-5-4-8-15(16)3)24(23-17)18-10-6-7-11-20-18/h4-11,14,21H,12-13H2,1-3H3. The Kier molecular flexibility index (Phi) is 4.89. The molecule has 3 aromatic rings. The summed E-state index contributed by atoms with van der Waals surface area (Å²) in [6, 6.07) is 14.1. The molecule has 2 heterocycles. The number of aromatic nitrogens is 4. The van der Waals surface area contributed by atoms with Crippen molar-refractivity contribution in [2.75, 3.05) is 5.32 Å². The minimum Gasteiger partial charge on any atom is -0.378 e. The smallest absolute Gasteiger partial charge is 0.155 e. The normalized spacial score (nSPS) is 11.0. The molecule has 0 atom stereocenters. The lowest BCUT2D eigenvalue weighted by molar-refractivity contribution is 0.618. The van der Waals surface area contributed by atoms with Gasteiger partial charge >= 0.3 is 0 Å². The zero-order valence-electron chi connectivity index (χ0n) is 14.4. The van der Waals surface area contributed by atoms with Crippen molar-refractivity contribution in [2.24, 2.45) is 5.92 Å². The number of nitrogens with one attached hydrogen (secondary N) is 1. The summed E-state index contributed by atoms with van der Waals surface area (Å²) in [6.45, 7) is 7.04. The number of benzene rings is 1. The highest BCUT2D eigenvalue weighted by Crippen LogP contribution is 2.16. The Morgan fingerprint density at radius 1 is 1.08 bits per heavy atom. The molecule has 2 aromatic heterocycles. The third-order valence-electron chi connectivity index (χ3n) is 3.76. The van der Waals surface area contributed by atoms with E-state index in [-0.39, 0.29) is 0 Å². The van der Waals surface area contributed by atoms with Crippen LogP contribution in [0.2, 0.25) is 0 Å². The molecule has 1 aromatic carbocycles. The topological polar surface area (TPSA) is 55.6 Å². The fourth-order valence-corrected chi connectivity index (χ4v) is 2.57. The summed E-state index contributed by atoms with van der Waals surface area (Å²) in [5.41, 5.74) is 2.32. The number of hydrogen-bond acceptors (Lipinski definition) is 4. The summed E-state index contributed by atoms with van der Waals surface area (Å²) in [7, 11) is 0. The van der Waals surface area contributed by atoms with Crippen LogP contribution in [0.15, 0.2) is 48.7 Å². The molecule has 124 valence electrons. The summed E-state index contributed by atoms with van der Waals surface area (Å²) < 4.78 is 1.84. The quantitative estimate of drug-likeness (QED) is 0.750. The number of pyridine rings is 1. The summed E-state index contributed by atoms with van der Waals surface area (Å²) in [6.07, 6.45) is 2.63. The number of rotatable bonds is 6. The highest BCUT2D eigenvalue weighted by Gasteiger charge is 2.13. The lowest BCUT2D eigenvalue weighted by Gasteiger charge is -2.09. The summed E-state index contributed by atoms with van der Waals surface area (Å²) in [5, 5.41) is 8.11. The zero-order valence-corrected chi connectivity index (χ0v) is 14.4.